The van der Waals surface area contributed by atoms with Gasteiger partial charge in [-0.3, -0.25) is 0 Å². The summed E-state index contributed by atoms with van der Waals surface area (Å²) in [5, 5.41) is 3.38. The van der Waals surface area contributed by atoms with Crippen molar-refractivity contribution in [2.45, 2.75) is 26.2 Å². The minimum absolute atomic E-state index is 0.501. The predicted octanol–water partition coefficient (Wildman–Crippen LogP) is 3.61. The molecule has 2 rings (SSSR count). The highest BCUT2D eigenvalue weighted by Crippen LogP contribution is 2.32. The van der Waals surface area contributed by atoms with Gasteiger partial charge in [-0.15, -0.1) is 0 Å². The van der Waals surface area contributed by atoms with Crippen LogP contribution in [0.5, 0.6) is 5.75 Å². The van der Waals surface area contributed by atoms with Crippen LogP contribution in [0.2, 0.25) is 0 Å². The lowest BCUT2D eigenvalue weighted by Gasteiger charge is -2.42. The third-order valence-corrected chi connectivity index (χ3v) is 3.97. The van der Waals surface area contributed by atoms with E-state index in [4.69, 9.17) is 4.74 Å². The first-order valence-corrected chi connectivity index (χ1v) is 7.12. The molecule has 0 atom stereocenters. The standard InChI is InChI=1S/C14H20BrNO/c1-2-6-14(10-16-11-14)7-8-17-13-5-3-4-12(15)9-13/h3-5,9,16H,2,6-8,10-11H2,1H3. The van der Waals surface area contributed by atoms with Crippen molar-refractivity contribution < 1.29 is 4.74 Å². The fraction of sp³-hybridized carbons (Fsp3) is 0.571. The van der Waals surface area contributed by atoms with Crippen molar-refractivity contribution in [1.82, 2.24) is 5.32 Å². The molecule has 1 aromatic carbocycles. The van der Waals surface area contributed by atoms with Gasteiger partial charge in [0.2, 0.25) is 0 Å². The Bertz CT molecular complexity index is 363. The van der Waals surface area contributed by atoms with E-state index in [-0.39, 0.29) is 0 Å². The summed E-state index contributed by atoms with van der Waals surface area (Å²) < 4.78 is 6.88. The van der Waals surface area contributed by atoms with Gasteiger partial charge in [0.25, 0.3) is 0 Å². The first-order chi connectivity index (χ1) is 8.24. The Morgan fingerprint density at radius 2 is 2.18 bits per heavy atom. The topological polar surface area (TPSA) is 21.3 Å². The van der Waals surface area contributed by atoms with Crippen LogP contribution in [0.25, 0.3) is 0 Å². The number of hydrogen-bond donors (Lipinski definition) is 1. The second-order valence-corrected chi connectivity index (χ2v) is 5.83. The van der Waals surface area contributed by atoms with Crippen molar-refractivity contribution in [3.05, 3.63) is 28.7 Å². The molecule has 0 saturated carbocycles. The third kappa shape index (κ3) is 3.46. The molecule has 0 aliphatic carbocycles. The summed E-state index contributed by atoms with van der Waals surface area (Å²) in [6.07, 6.45) is 3.72. The molecule has 17 heavy (non-hydrogen) atoms. The molecule has 0 spiro atoms. The molecule has 1 aromatic rings. The number of ether oxygens (including phenoxy) is 1. The maximum absolute atomic E-state index is 5.81. The number of hydrogen-bond acceptors (Lipinski definition) is 2. The van der Waals surface area contributed by atoms with E-state index < -0.39 is 0 Å². The number of benzene rings is 1. The third-order valence-electron chi connectivity index (χ3n) is 3.48. The molecule has 1 N–H and O–H groups in total. The molecule has 0 radical (unpaired) electrons. The number of rotatable bonds is 6. The molecule has 1 aliphatic rings. The zero-order chi connectivity index (χ0) is 12.1. The fourth-order valence-corrected chi connectivity index (χ4v) is 2.81. The summed E-state index contributed by atoms with van der Waals surface area (Å²) in [6.45, 7) is 5.39. The van der Waals surface area contributed by atoms with Gasteiger partial charge in [0.15, 0.2) is 0 Å². The number of halogens is 1. The minimum atomic E-state index is 0.501. The van der Waals surface area contributed by atoms with Crippen molar-refractivity contribution in [1.29, 1.82) is 0 Å². The highest BCUT2D eigenvalue weighted by atomic mass is 79.9. The second-order valence-electron chi connectivity index (χ2n) is 4.91. The fourth-order valence-electron chi connectivity index (χ4n) is 2.43. The maximum Gasteiger partial charge on any atom is 0.120 e. The van der Waals surface area contributed by atoms with Gasteiger partial charge in [-0.2, -0.15) is 0 Å². The maximum atomic E-state index is 5.81. The van der Waals surface area contributed by atoms with Crippen LogP contribution in [0.3, 0.4) is 0 Å². The van der Waals surface area contributed by atoms with E-state index in [1.165, 1.54) is 12.8 Å². The second kappa shape index (κ2) is 5.87. The Balaban J connectivity index is 1.79. The highest BCUT2D eigenvalue weighted by molar-refractivity contribution is 9.10. The van der Waals surface area contributed by atoms with E-state index in [9.17, 15) is 0 Å². The van der Waals surface area contributed by atoms with Gasteiger partial charge in [-0.05, 0) is 36.5 Å². The molecule has 1 fully saturated rings. The van der Waals surface area contributed by atoms with Gasteiger partial charge < -0.3 is 10.1 Å². The lowest BCUT2D eigenvalue weighted by molar-refractivity contribution is 0.109. The Morgan fingerprint density at radius 1 is 1.35 bits per heavy atom. The van der Waals surface area contributed by atoms with Gasteiger partial charge in [0.05, 0.1) is 6.61 Å². The average molecular weight is 298 g/mol. The lowest BCUT2D eigenvalue weighted by Crippen LogP contribution is -2.53. The van der Waals surface area contributed by atoms with E-state index in [1.807, 2.05) is 24.3 Å². The van der Waals surface area contributed by atoms with E-state index in [2.05, 4.69) is 28.2 Å². The van der Waals surface area contributed by atoms with Crippen molar-refractivity contribution in [2.24, 2.45) is 5.41 Å². The van der Waals surface area contributed by atoms with Crippen LogP contribution < -0.4 is 10.1 Å². The molecule has 2 nitrogen and oxygen atoms in total. The first-order valence-electron chi connectivity index (χ1n) is 6.33. The molecule has 94 valence electrons. The largest absolute Gasteiger partial charge is 0.494 e. The van der Waals surface area contributed by atoms with Crippen LogP contribution >= 0.6 is 15.9 Å². The van der Waals surface area contributed by atoms with E-state index >= 15 is 0 Å². The molecule has 1 saturated heterocycles. The molecular formula is C14H20BrNO. The van der Waals surface area contributed by atoms with E-state index in [0.29, 0.717) is 5.41 Å². The number of nitrogens with one attached hydrogen (secondary N) is 1. The predicted molar refractivity (Wildman–Crippen MR) is 74.5 cm³/mol. The highest BCUT2D eigenvalue weighted by Gasteiger charge is 2.35. The van der Waals surface area contributed by atoms with Gasteiger partial charge >= 0.3 is 0 Å². The van der Waals surface area contributed by atoms with Crippen molar-refractivity contribution in [3.63, 3.8) is 0 Å². The summed E-state index contributed by atoms with van der Waals surface area (Å²) >= 11 is 3.45. The minimum Gasteiger partial charge on any atom is -0.494 e. The quantitative estimate of drug-likeness (QED) is 0.866. The summed E-state index contributed by atoms with van der Waals surface area (Å²) in [5.74, 6) is 0.957. The molecule has 0 amide bonds. The average Bonchev–Trinajstić information content (AvgIpc) is 2.26. The van der Waals surface area contributed by atoms with E-state index in [1.54, 1.807) is 0 Å². The van der Waals surface area contributed by atoms with Gasteiger partial charge in [0.1, 0.15) is 5.75 Å². The normalized spacial score (nSPS) is 17.5. The van der Waals surface area contributed by atoms with Crippen molar-refractivity contribution >= 4 is 15.9 Å². The van der Waals surface area contributed by atoms with E-state index in [0.717, 1.165) is 36.3 Å². The molecule has 3 heteroatoms. The Labute approximate surface area is 112 Å². The Morgan fingerprint density at radius 3 is 2.76 bits per heavy atom. The van der Waals surface area contributed by atoms with Crippen LogP contribution in [-0.2, 0) is 0 Å². The molecule has 1 heterocycles. The summed E-state index contributed by atoms with van der Waals surface area (Å²) in [6, 6.07) is 8.05. The molecule has 0 unspecified atom stereocenters. The summed E-state index contributed by atoms with van der Waals surface area (Å²) in [5.41, 5.74) is 0.501. The molecule has 0 bridgehead atoms. The van der Waals surface area contributed by atoms with Crippen LogP contribution in [0.1, 0.15) is 26.2 Å². The molecule has 1 aliphatic heterocycles. The first kappa shape index (κ1) is 12.9. The van der Waals surface area contributed by atoms with Crippen LogP contribution in [0, 0.1) is 5.41 Å². The lowest BCUT2D eigenvalue weighted by atomic mass is 9.75. The summed E-state index contributed by atoms with van der Waals surface area (Å²) in [4.78, 5) is 0. The van der Waals surface area contributed by atoms with Gasteiger partial charge in [-0.25, -0.2) is 0 Å². The zero-order valence-electron chi connectivity index (χ0n) is 10.3. The molecule has 0 aromatic heterocycles. The van der Waals surface area contributed by atoms with Crippen molar-refractivity contribution in [3.8, 4) is 5.75 Å². The zero-order valence-corrected chi connectivity index (χ0v) is 11.9. The Kier molecular flexibility index (Phi) is 4.46. The van der Waals surface area contributed by atoms with Gasteiger partial charge in [-0.1, -0.05) is 35.3 Å². The monoisotopic (exact) mass is 297 g/mol. The SMILES string of the molecule is CCCC1(CCOc2cccc(Br)c2)CNC1. The summed E-state index contributed by atoms with van der Waals surface area (Å²) in [7, 11) is 0. The van der Waals surface area contributed by atoms with Crippen molar-refractivity contribution in [2.75, 3.05) is 19.7 Å². The van der Waals surface area contributed by atoms with Crippen LogP contribution in [0.4, 0.5) is 0 Å². The Hall–Kier alpha value is -0.540. The van der Waals surface area contributed by atoms with Crippen LogP contribution in [0.15, 0.2) is 28.7 Å². The smallest absolute Gasteiger partial charge is 0.120 e. The van der Waals surface area contributed by atoms with Crippen LogP contribution in [-0.4, -0.2) is 19.7 Å². The van der Waals surface area contributed by atoms with Gasteiger partial charge in [0, 0.05) is 17.6 Å². The molecular weight excluding hydrogens is 278 g/mol.